The van der Waals surface area contributed by atoms with E-state index in [2.05, 4.69) is 61.6 Å². The number of hydrogen-bond acceptors (Lipinski definition) is 8. The van der Waals surface area contributed by atoms with E-state index < -0.39 is 0 Å². The monoisotopic (exact) mass is 591 g/mol. The lowest BCUT2D eigenvalue weighted by atomic mass is 10.1. The Hall–Kier alpha value is -3.79. The van der Waals surface area contributed by atoms with Gasteiger partial charge in [-0.25, -0.2) is 8.79 Å². The van der Waals surface area contributed by atoms with Crippen LogP contribution in [0.1, 0.15) is 23.7 Å². The molecule has 0 spiro atoms. The van der Waals surface area contributed by atoms with Crippen molar-refractivity contribution < 1.29 is 18.7 Å². The Kier molecular flexibility index (Phi) is 7.74. The van der Waals surface area contributed by atoms with Gasteiger partial charge in [-0.2, -0.15) is 5.26 Å². The molecule has 1 atom stereocenters. The maximum Gasteiger partial charge on any atom is 0.266 e. The molecule has 2 aromatic heterocycles. The van der Waals surface area contributed by atoms with Crippen LogP contribution in [0.2, 0.25) is 0 Å². The van der Waals surface area contributed by atoms with E-state index in [4.69, 9.17) is 0 Å². The number of nitrogens with one attached hydrogen (secondary N) is 2. The summed E-state index contributed by atoms with van der Waals surface area (Å²) in [6.45, 7) is 8.73. The van der Waals surface area contributed by atoms with Crippen LogP contribution in [0.25, 0.3) is 11.3 Å². The number of nitriles is 1. The first-order chi connectivity index (χ1) is 20.2. The molecule has 2 fully saturated rings. The maximum absolute atomic E-state index is 13.6. The van der Waals surface area contributed by atoms with Gasteiger partial charge in [-0.1, -0.05) is 6.92 Å². The van der Waals surface area contributed by atoms with Crippen LogP contribution < -0.4 is 19.5 Å². The van der Waals surface area contributed by atoms with Crippen LogP contribution in [0.15, 0.2) is 41.4 Å². The third kappa shape index (κ3) is 5.28. The van der Waals surface area contributed by atoms with Gasteiger partial charge >= 0.3 is 0 Å². The van der Waals surface area contributed by atoms with E-state index in [9.17, 15) is 19.6 Å². The number of aliphatic hydroxyl groups excluding tert-OH is 1. The van der Waals surface area contributed by atoms with E-state index in [0.717, 1.165) is 66.6 Å². The highest BCUT2D eigenvalue weighted by molar-refractivity contribution is 8.04. The molecule has 12 heteroatoms. The van der Waals surface area contributed by atoms with Gasteiger partial charge < -0.3 is 20.2 Å². The van der Waals surface area contributed by atoms with Gasteiger partial charge in [0.25, 0.3) is 5.82 Å². The normalized spacial score (nSPS) is 19.7. The Morgan fingerprint density at radius 3 is 2.60 bits per heavy atom. The molecule has 1 unspecified atom stereocenters. The molecule has 3 aromatic rings. The number of fused-ring (bicyclic) bond motifs is 1. The number of carbonyl (C=O) groups is 1. The van der Waals surface area contributed by atoms with E-state index in [1.807, 2.05) is 7.05 Å². The number of β-amino-alcohol motifs (C(OH)–C–C–N with tert-alkyl or cyclic N) is 1. The molecule has 0 aliphatic carbocycles. The third-order valence-corrected chi connectivity index (χ3v) is 9.51. The number of halogens is 1. The summed E-state index contributed by atoms with van der Waals surface area (Å²) in [5, 5.41) is 22.9. The van der Waals surface area contributed by atoms with Crippen molar-refractivity contribution in [3.05, 3.63) is 64.1 Å². The van der Waals surface area contributed by atoms with Crippen molar-refractivity contribution in [3.8, 4) is 6.07 Å². The summed E-state index contributed by atoms with van der Waals surface area (Å²) in [7, 11) is 2.02. The number of aliphatic hydroxyl groups is 1. The lowest BCUT2D eigenvalue weighted by Gasteiger charge is -2.39. The van der Waals surface area contributed by atoms with E-state index in [0.29, 0.717) is 30.2 Å². The Labute approximate surface area is 249 Å². The number of nitrogens with zero attached hydrogens (tertiary/aromatic N) is 6. The minimum atomic E-state index is -0.378. The summed E-state index contributed by atoms with van der Waals surface area (Å²) in [6, 6.07) is 10.7. The molecule has 220 valence electrons. The second kappa shape index (κ2) is 11.5. The summed E-state index contributed by atoms with van der Waals surface area (Å²) in [5.74, 6) is 0.790. The van der Waals surface area contributed by atoms with Crippen molar-refractivity contribution in [1.29, 1.82) is 5.26 Å². The van der Waals surface area contributed by atoms with Crippen LogP contribution in [-0.4, -0.2) is 90.3 Å². The summed E-state index contributed by atoms with van der Waals surface area (Å²) in [4.78, 5) is 25.1. The van der Waals surface area contributed by atoms with E-state index in [1.54, 1.807) is 17.0 Å². The quantitative estimate of drug-likeness (QED) is 0.359. The molecule has 1 aromatic carbocycles. The van der Waals surface area contributed by atoms with Gasteiger partial charge in [0.15, 0.2) is 5.50 Å². The number of H-pyrrole nitrogens is 1. The third-order valence-electron chi connectivity index (χ3n) is 8.32. The molecule has 3 aliphatic heterocycles. The number of pyridine rings is 1. The van der Waals surface area contributed by atoms with Gasteiger partial charge in [0, 0.05) is 51.3 Å². The molecule has 10 nitrogen and oxygen atoms in total. The number of aromatic nitrogens is 2. The minimum absolute atomic E-state index is 0.0867. The number of aryl methyl sites for hydroxylation is 2. The smallest absolute Gasteiger partial charge is 0.266 e. The first-order valence-electron chi connectivity index (χ1n) is 14.3. The summed E-state index contributed by atoms with van der Waals surface area (Å²) in [5.41, 5.74) is 5.62. The number of anilines is 2. The van der Waals surface area contributed by atoms with Crippen molar-refractivity contribution in [2.24, 2.45) is 0 Å². The number of piperazine rings is 1. The summed E-state index contributed by atoms with van der Waals surface area (Å²) >= 11 is 1.45. The predicted octanol–water partition coefficient (Wildman–Crippen LogP) is 2.04. The van der Waals surface area contributed by atoms with Gasteiger partial charge in [-0.05, 0) is 54.6 Å². The standard InChI is InChI=1S/C30H35FN8O2S/c1-4-24-29(35(3)30-34-27(25(14-32)42-30)20-5-7-21(31)8-6-20)39-15-22(13-19(2)28(39)33-24)37-11-9-36(10-12-37)18-26(41)38-16-23(40)17-38/h5-8,13,15,23,30,34,40H,4,9-12,16-18H2,1-3H3/p+1. The van der Waals surface area contributed by atoms with E-state index >= 15 is 0 Å². The van der Waals surface area contributed by atoms with Gasteiger partial charge in [0.05, 0.1) is 37.3 Å². The molecule has 1 amide bonds. The lowest BCUT2D eigenvalue weighted by molar-refractivity contribution is -0.496. The Balaban J connectivity index is 1.21. The zero-order valence-corrected chi connectivity index (χ0v) is 24.9. The number of hydrogen-bond donors (Lipinski definition) is 3. The second-order valence-electron chi connectivity index (χ2n) is 11.1. The number of aromatic amines is 1. The van der Waals surface area contributed by atoms with Crippen molar-refractivity contribution in [1.82, 2.24) is 20.1 Å². The maximum atomic E-state index is 13.6. The fourth-order valence-corrected chi connectivity index (χ4v) is 6.90. The second-order valence-corrected chi connectivity index (χ2v) is 12.2. The first kappa shape index (κ1) is 28.3. The van der Waals surface area contributed by atoms with Crippen LogP contribution in [0, 0.1) is 24.1 Å². The molecule has 2 saturated heterocycles. The van der Waals surface area contributed by atoms with Crippen molar-refractivity contribution in [2.45, 2.75) is 31.9 Å². The average Bonchev–Trinajstić information content (AvgIpc) is 3.58. The Morgan fingerprint density at radius 1 is 1.24 bits per heavy atom. The molecular formula is C30H36FN8O2S+. The summed E-state index contributed by atoms with van der Waals surface area (Å²) < 4.78 is 15.8. The van der Waals surface area contributed by atoms with Crippen molar-refractivity contribution >= 4 is 40.5 Å². The SMILES string of the molecule is CCc1[nH]c2c(C)cc(N3CCN(CC(=O)N4CC(O)C4)CC3)c[n+]2c1N(C)C1NC(c2ccc(F)cc2)=C(C#N)S1. The summed E-state index contributed by atoms with van der Waals surface area (Å²) in [6.07, 6.45) is 2.60. The molecule has 5 heterocycles. The van der Waals surface area contributed by atoms with Gasteiger partial charge in [0.2, 0.25) is 11.6 Å². The molecule has 42 heavy (non-hydrogen) atoms. The highest BCUT2D eigenvalue weighted by atomic mass is 32.2. The fraction of sp³-hybridized carbons (Fsp3) is 0.433. The molecule has 6 rings (SSSR count). The van der Waals surface area contributed by atoms with E-state index in [-0.39, 0.29) is 23.3 Å². The molecule has 0 saturated carbocycles. The van der Waals surface area contributed by atoms with Crippen molar-refractivity contribution in [3.63, 3.8) is 0 Å². The molecule has 3 N–H and O–H groups in total. The molecule has 0 radical (unpaired) electrons. The average molecular weight is 592 g/mol. The number of imidazole rings is 1. The van der Waals surface area contributed by atoms with Crippen LogP contribution in [-0.2, 0) is 11.2 Å². The van der Waals surface area contributed by atoms with E-state index in [1.165, 1.54) is 23.9 Å². The fourth-order valence-electron chi connectivity index (χ4n) is 5.89. The highest BCUT2D eigenvalue weighted by Crippen LogP contribution is 2.38. The number of allylic oxidation sites excluding steroid dienone is 1. The first-order valence-corrected chi connectivity index (χ1v) is 15.2. The largest absolute Gasteiger partial charge is 0.389 e. The zero-order chi connectivity index (χ0) is 29.5. The Bertz CT molecular complexity index is 1570. The molecular weight excluding hydrogens is 555 g/mol. The number of thioether (sulfide) groups is 1. The zero-order valence-electron chi connectivity index (χ0n) is 24.1. The number of amides is 1. The number of benzene rings is 1. The predicted molar refractivity (Wildman–Crippen MR) is 161 cm³/mol. The number of likely N-dealkylation sites (tertiary alicyclic amines) is 1. The van der Waals surface area contributed by atoms with Gasteiger partial charge in [-0.3, -0.25) is 19.6 Å². The number of carbonyl (C=O) groups excluding carboxylic acids is 1. The highest BCUT2D eigenvalue weighted by Gasteiger charge is 2.36. The lowest BCUT2D eigenvalue weighted by Crippen LogP contribution is -2.57. The number of rotatable bonds is 7. The van der Waals surface area contributed by atoms with Gasteiger partial charge in [0.1, 0.15) is 22.5 Å². The van der Waals surface area contributed by atoms with Gasteiger partial charge in [-0.15, -0.1) is 0 Å². The van der Waals surface area contributed by atoms with Crippen LogP contribution in [0.3, 0.4) is 0 Å². The molecule has 0 bridgehead atoms. The van der Waals surface area contributed by atoms with Crippen molar-refractivity contribution in [2.75, 3.05) is 62.7 Å². The minimum Gasteiger partial charge on any atom is -0.389 e. The van der Waals surface area contributed by atoms with Crippen LogP contribution in [0.5, 0.6) is 0 Å². The molecule has 3 aliphatic rings. The Morgan fingerprint density at radius 2 is 1.95 bits per heavy atom. The van der Waals surface area contributed by atoms with Crippen LogP contribution in [0.4, 0.5) is 15.9 Å². The van der Waals surface area contributed by atoms with Crippen LogP contribution >= 0.6 is 11.8 Å². The topological polar surface area (TPSA) is 106 Å².